The number of carbonyl (C=O) groups is 1. The topological polar surface area (TPSA) is 99.0 Å². The highest BCUT2D eigenvalue weighted by Crippen LogP contribution is 2.26. The van der Waals surface area contributed by atoms with Crippen LogP contribution in [0.1, 0.15) is 40.7 Å². The number of hydrazine groups is 1. The van der Waals surface area contributed by atoms with Crippen molar-refractivity contribution in [3.63, 3.8) is 0 Å². The number of nitrogens with one attached hydrogen (secondary N) is 3. The molecule has 2 aromatic rings. The Morgan fingerprint density at radius 3 is 2.76 bits per heavy atom. The number of benzene rings is 2. The van der Waals surface area contributed by atoms with Crippen LogP contribution in [-0.4, -0.2) is 50.2 Å². The van der Waals surface area contributed by atoms with Crippen molar-refractivity contribution in [3.05, 3.63) is 77.9 Å². The van der Waals surface area contributed by atoms with Gasteiger partial charge in [0.1, 0.15) is 0 Å². The third kappa shape index (κ3) is 8.01. The van der Waals surface area contributed by atoms with Crippen molar-refractivity contribution in [2.24, 2.45) is 10.9 Å². The Kier molecular flexibility index (Phi) is 10.4. The number of rotatable bonds is 12. The number of carbonyl (C=O) groups excluding carboxylic acids is 1. The molecule has 2 aromatic carbocycles. The molecular formula is C28H34FN5O3. The predicted molar refractivity (Wildman–Crippen MR) is 146 cm³/mol. The number of anilines is 1. The van der Waals surface area contributed by atoms with Gasteiger partial charge in [0.25, 0.3) is 5.91 Å². The van der Waals surface area contributed by atoms with E-state index in [1.54, 1.807) is 29.4 Å². The molecule has 0 aromatic heterocycles. The molecule has 1 fully saturated rings. The molecule has 8 nitrogen and oxygen atoms in total. The minimum absolute atomic E-state index is 0.105. The zero-order valence-corrected chi connectivity index (χ0v) is 21.3. The van der Waals surface area contributed by atoms with E-state index in [-0.39, 0.29) is 11.7 Å². The minimum Gasteiger partial charge on any atom is -0.494 e. The first-order valence-electron chi connectivity index (χ1n) is 12.2. The zero-order chi connectivity index (χ0) is 26.6. The molecule has 0 spiro atoms. The number of aryl methyl sites for hydroxylation is 1. The number of amides is 1. The molecule has 0 radical (unpaired) electrons. The standard InChI is InChI=1S/C28H34FN5O3/c1-20-18-24(5-6-25(20)28(35)32-12-8-22-9-16-37-17-10-22)33-34(15-14-31-13-11-30)21(2)23-4-7-27(36-3)26(29)19-23/h4-7,11,13-15,18-19,22,30,33H,2,8-10,12,16-17H2,1,3H3,(H,32,35)/b15-14-,30-11?,31-13?. The summed E-state index contributed by atoms with van der Waals surface area (Å²) in [6.07, 6.45) is 8.51. The lowest BCUT2D eigenvalue weighted by Gasteiger charge is -2.25. The van der Waals surface area contributed by atoms with Gasteiger partial charge in [-0.2, -0.15) is 0 Å². The summed E-state index contributed by atoms with van der Waals surface area (Å²) < 4.78 is 24.7. The molecular weight excluding hydrogens is 473 g/mol. The summed E-state index contributed by atoms with van der Waals surface area (Å²) in [6.45, 7) is 8.20. The molecule has 1 aliphatic rings. The molecule has 3 N–H and O–H groups in total. The van der Waals surface area contributed by atoms with Gasteiger partial charge in [0.05, 0.1) is 18.5 Å². The summed E-state index contributed by atoms with van der Waals surface area (Å²) in [7, 11) is 1.41. The van der Waals surface area contributed by atoms with Gasteiger partial charge in [-0.25, -0.2) is 4.39 Å². The molecule has 196 valence electrons. The highest BCUT2D eigenvalue weighted by molar-refractivity contribution is 6.14. The Labute approximate surface area is 217 Å². The summed E-state index contributed by atoms with van der Waals surface area (Å²) in [5.41, 5.74) is 6.31. The zero-order valence-electron chi connectivity index (χ0n) is 21.3. The van der Waals surface area contributed by atoms with Crippen LogP contribution in [0.2, 0.25) is 0 Å². The summed E-state index contributed by atoms with van der Waals surface area (Å²) in [5, 5.41) is 11.7. The fraction of sp³-hybridized carbons (Fsp3) is 0.321. The van der Waals surface area contributed by atoms with Gasteiger partial charge in [-0.05, 0) is 74.1 Å². The van der Waals surface area contributed by atoms with E-state index < -0.39 is 5.82 Å². The van der Waals surface area contributed by atoms with Crippen LogP contribution in [0, 0.1) is 24.1 Å². The van der Waals surface area contributed by atoms with Crippen molar-refractivity contribution in [2.75, 3.05) is 32.3 Å². The van der Waals surface area contributed by atoms with Crippen LogP contribution in [0.15, 0.2) is 60.4 Å². The molecule has 9 heteroatoms. The van der Waals surface area contributed by atoms with Crippen molar-refractivity contribution >= 4 is 29.7 Å². The number of hydrogen-bond acceptors (Lipinski definition) is 7. The third-order valence-corrected chi connectivity index (χ3v) is 6.14. The maximum atomic E-state index is 14.3. The van der Waals surface area contributed by atoms with E-state index in [0.29, 0.717) is 35.0 Å². The average molecular weight is 508 g/mol. The van der Waals surface area contributed by atoms with Crippen LogP contribution in [-0.2, 0) is 4.74 Å². The van der Waals surface area contributed by atoms with Gasteiger partial charge in [-0.1, -0.05) is 6.58 Å². The number of hydrogen-bond donors (Lipinski definition) is 3. The van der Waals surface area contributed by atoms with E-state index in [0.717, 1.165) is 44.3 Å². The Bertz CT molecular complexity index is 1160. The van der Waals surface area contributed by atoms with Crippen LogP contribution in [0.4, 0.5) is 10.1 Å². The van der Waals surface area contributed by atoms with E-state index in [4.69, 9.17) is 14.9 Å². The molecule has 0 unspecified atom stereocenters. The summed E-state index contributed by atoms with van der Waals surface area (Å²) >= 11 is 0. The van der Waals surface area contributed by atoms with Crippen molar-refractivity contribution in [2.45, 2.75) is 26.2 Å². The number of ether oxygens (including phenoxy) is 2. The maximum Gasteiger partial charge on any atom is 0.251 e. The van der Waals surface area contributed by atoms with Gasteiger partial charge in [0.15, 0.2) is 11.6 Å². The van der Waals surface area contributed by atoms with E-state index in [1.807, 2.05) is 13.0 Å². The van der Waals surface area contributed by atoms with Crippen molar-refractivity contribution in [1.82, 2.24) is 10.3 Å². The molecule has 1 amide bonds. The second-order valence-corrected chi connectivity index (χ2v) is 8.67. The number of nitrogens with zero attached hydrogens (tertiary/aromatic N) is 2. The normalized spacial score (nSPS) is 14.0. The second kappa shape index (κ2) is 13.9. The van der Waals surface area contributed by atoms with Gasteiger partial charge >= 0.3 is 0 Å². The monoisotopic (exact) mass is 507 g/mol. The highest BCUT2D eigenvalue weighted by atomic mass is 19.1. The Morgan fingerprint density at radius 2 is 2.08 bits per heavy atom. The van der Waals surface area contributed by atoms with Crippen LogP contribution in [0.5, 0.6) is 5.75 Å². The van der Waals surface area contributed by atoms with E-state index in [9.17, 15) is 9.18 Å². The molecule has 0 aliphatic carbocycles. The van der Waals surface area contributed by atoms with Crippen LogP contribution in [0.25, 0.3) is 5.70 Å². The number of methoxy groups -OCH3 is 1. The first-order chi connectivity index (χ1) is 17.9. The highest BCUT2D eigenvalue weighted by Gasteiger charge is 2.16. The number of halogens is 1. The number of aliphatic imine (C=N–C) groups is 1. The van der Waals surface area contributed by atoms with Gasteiger partial charge in [0.2, 0.25) is 0 Å². The lowest BCUT2D eigenvalue weighted by Crippen LogP contribution is -2.28. The largest absolute Gasteiger partial charge is 0.494 e. The molecule has 3 rings (SSSR count). The fourth-order valence-corrected chi connectivity index (χ4v) is 4.02. The second-order valence-electron chi connectivity index (χ2n) is 8.67. The van der Waals surface area contributed by atoms with E-state index in [1.165, 1.54) is 31.7 Å². The van der Waals surface area contributed by atoms with Gasteiger partial charge in [-0.15, -0.1) is 0 Å². The van der Waals surface area contributed by atoms with Crippen LogP contribution < -0.4 is 15.5 Å². The molecule has 37 heavy (non-hydrogen) atoms. The maximum absolute atomic E-state index is 14.3. The Balaban J connectivity index is 1.70. The predicted octanol–water partition coefficient (Wildman–Crippen LogP) is 5.18. The lowest BCUT2D eigenvalue weighted by atomic mass is 9.96. The van der Waals surface area contributed by atoms with Gasteiger partial charge < -0.3 is 20.2 Å². The first-order valence-corrected chi connectivity index (χ1v) is 12.2. The third-order valence-electron chi connectivity index (χ3n) is 6.14. The summed E-state index contributed by atoms with van der Waals surface area (Å²) in [6, 6.07) is 9.99. The quantitative estimate of drug-likeness (QED) is 0.272. The van der Waals surface area contributed by atoms with Gasteiger partial charge in [0, 0.05) is 55.7 Å². The summed E-state index contributed by atoms with van der Waals surface area (Å²) in [4.78, 5) is 16.7. The van der Waals surface area contributed by atoms with Crippen LogP contribution >= 0.6 is 0 Å². The van der Waals surface area contributed by atoms with Crippen molar-refractivity contribution < 1.29 is 18.7 Å². The summed E-state index contributed by atoms with van der Waals surface area (Å²) in [5.74, 6) is 0.123. The minimum atomic E-state index is -0.505. The Hall–Kier alpha value is -3.98. The van der Waals surface area contributed by atoms with Crippen molar-refractivity contribution in [1.29, 1.82) is 5.41 Å². The first kappa shape index (κ1) is 27.6. The lowest BCUT2D eigenvalue weighted by molar-refractivity contribution is 0.0636. The molecule has 1 saturated heterocycles. The fourth-order valence-electron chi connectivity index (χ4n) is 4.02. The average Bonchev–Trinajstić information content (AvgIpc) is 2.90. The molecule has 0 atom stereocenters. The molecule has 1 aliphatic heterocycles. The smallest absolute Gasteiger partial charge is 0.251 e. The molecule has 0 bridgehead atoms. The molecule has 0 saturated carbocycles. The van der Waals surface area contributed by atoms with E-state index in [2.05, 4.69) is 22.3 Å². The van der Waals surface area contributed by atoms with Gasteiger partial charge in [-0.3, -0.25) is 20.2 Å². The van der Waals surface area contributed by atoms with Crippen LogP contribution in [0.3, 0.4) is 0 Å². The molecule has 1 heterocycles. The van der Waals surface area contributed by atoms with Crippen molar-refractivity contribution in [3.8, 4) is 5.75 Å². The Morgan fingerprint density at radius 1 is 1.30 bits per heavy atom. The van der Waals surface area contributed by atoms with E-state index >= 15 is 0 Å². The SMILES string of the molecule is C=C(c1ccc(OC)c(F)c1)N(/C=C\N=CC=N)Nc1ccc(C(=O)NCCC2CCOCC2)c(C)c1.